The Balaban J connectivity index is 1.50. The molecule has 0 saturated carbocycles. The van der Waals surface area contributed by atoms with Crippen molar-refractivity contribution in [2.75, 3.05) is 19.3 Å². The summed E-state index contributed by atoms with van der Waals surface area (Å²) >= 11 is 1.63. The molecule has 5 rings (SSSR count). The van der Waals surface area contributed by atoms with Crippen LogP contribution < -0.4 is 5.73 Å². The Bertz CT molecular complexity index is 1160. The van der Waals surface area contributed by atoms with Gasteiger partial charge in [0.2, 0.25) is 0 Å². The average Bonchev–Trinajstić information content (AvgIpc) is 3.37. The predicted octanol–water partition coefficient (Wildman–Crippen LogP) is 3.90. The molecule has 0 spiro atoms. The SMILES string of the molecule is C#Cc1cc2c(cc1Sc1nc3c(N)ncnc3n1CCC1CCCCN1C)CCC2. The third-order valence-corrected chi connectivity index (χ3v) is 7.74. The van der Waals surface area contributed by atoms with E-state index in [9.17, 15) is 0 Å². The van der Waals surface area contributed by atoms with Crippen molar-refractivity contribution < 1.29 is 0 Å². The molecule has 2 aromatic heterocycles. The number of aromatic nitrogens is 4. The Labute approximate surface area is 187 Å². The fourth-order valence-electron chi connectivity index (χ4n) is 4.90. The summed E-state index contributed by atoms with van der Waals surface area (Å²) in [6.45, 7) is 2.02. The van der Waals surface area contributed by atoms with Gasteiger partial charge in [0, 0.05) is 23.0 Å². The molecule has 31 heavy (non-hydrogen) atoms. The summed E-state index contributed by atoms with van der Waals surface area (Å²) in [7, 11) is 2.23. The summed E-state index contributed by atoms with van der Waals surface area (Å²) in [5, 5.41) is 0.884. The van der Waals surface area contributed by atoms with E-state index in [2.05, 4.69) is 44.5 Å². The maximum Gasteiger partial charge on any atom is 0.175 e. The summed E-state index contributed by atoms with van der Waals surface area (Å²) < 4.78 is 2.20. The van der Waals surface area contributed by atoms with E-state index in [1.807, 2.05) is 0 Å². The zero-order valence-electron chi connectivity index (χ0n) is 18.0. The second kappa shape index (κ2) is 8.52. The van der Waals surface area contributed by atoms with Gasteiger partial charge in [0.25, 0.3) is 0 Å². The summed E-state index contributed by atoms with van der Waals surface area (Å²) in [6.07, 6.45) is 15.7. The number of nitrogens with zero attached hydrogens (tertiary/aromatic N) is 5. The summed E-state index contributed by atoms with van der Waals surface area (Å²) in [6, 6.07) is 5.03. The molecule has 3 heterocycles. The van der Waals surface area contributed by atoms with Crippen molar-refractivity contribution >= 4 is 28.7 Å². The van der Waals surface area contributed by atoms with E-state index in [0.29, 0.717) is 17.4 Å². The Kier molecular flexibility index (Phi) is 5.59. The van der Waals surface area contributed by atoms with E-state index in [1.54, 1.807) is 11.8 Å². The van der Waals surface area contributed by atoms with Crippen LogP contribution in [0.15, 0.2) is 28.5 Å². The lowest BCUT2D eigenvalue weighted by molar-refractivity contribution is 0.170. The highest BCUT2D eigenvalue weighted by molar-refractivity contribution is 7.99. The number of benzene rings is 1. The van der Waals surface area contributed by atoms with Crippen molar-refractivity contribution in [3.8, 4) is 12.3 Å². The first-order valence-corrected chi connectivity index (χ1v) is 11.9. The van der Waals surface area contributed by atoms with E-state index < -0.39 is 0 Å². The second-order valence-electron chi connectivity index (χ2n) is 8.61. The van der Waals surface area contributed by atoms with Gasteiger partial charge in [0.05, 0.1) is 0 Å². The quantitative estimate of drug-likeness (QED) is 0.617. The maximum atomic E-state index is 6.15. The van der Waals surface area contributed by atoms with Crippen LogP contribution in [0.25, 0.3) is 11.2 Å². The molecule has 2 aliphatic rings. The number of imidazole rings is 1. The fourth-order valence-corrected chi connectivity index (χ4v) is 5.95. The second-order valence-corrected chi connectivity index (χ2v) is 9.62. The van der Waals surface area contributed by atoms with Crippen molar-refractivity contribution in [2.45, 2.75) is 67.6 Å². The molecule has 6 nitrogen and oxygen atoms in total. The molecule has 160 valence electrons. The molecule has 1 aromatic carbocycles. The van der Waals surface area contributed by atoms with Crippen molar-refractivity contribution in [1.82, 2.24) is 24.4 Å². The van der Waals surface area contributed by atoms with Crippen LogP contribution in [0.1, 0.15) is 48.8 Å². The molecule has 7 heteroatoms. The summed E-state index contributed by atoms with van der Waals surface area (Å²) in [4.78, 5) is 17.1. The van der Waals surface area contributed by atoms with Gasteiger partial charge in [-0.3, -0.25) is 0 Å². The molecular weight excluding hydrogens is 404 g/mol. The normalized spacial score (nSPS) is 18.9. The smallest absolute Gasteiger partial charge is 0.175 e. The minimum Gasteiger partial charge on any atom is -0.382 e. The van der Waals surface area contributed by atoms with E-state index >= 15 is 0 Å². The van der Waals surface area contributed by atoms with Crippen LogP contribution in [0.2, 0.25) is 0 Å². The molecule has 1 atom stereocenters. The largest absolute Gasteiger partial charge is 0.382 e. The molecule has 0 amide bonds. The fraction of sp³-hybridized carbons (Fsp3) is 0.458. The van der Waals surface area contributed by atoms with Gasteiger partial charge in [-0.05, 0) is 75.4 Å². The van der Waals surface area contributed by atoms with Crippen molar-refractivity contribution in [2.24, 2.45) is 0 Å². The van der Waals surface area contributed by atoms with Gasteiger partial charge in [-0.1, -0.05) is 24.1 Å². The van der Waals surface area contributed by atoms with Gasteiger partial charge in [0.1, 0.15) is 6.33 Å². The zero-order chi connectivity index (χ0) is 21.4. The number of piperidine rings is 1. The van der Waals surface area contributed by atoms with Crippen LogP contribution in [-0.2, 0) is 19.4 Å². The van der Waals surface area contributed by atoms with E-state index in [1.165, 1.54) is 49.7 Å². The van der Waals surface area contributed by atoms with E-state index in [0.717, 1.165) is 47.1 Å². The first-order valence-electron chi connectivity index (χ1n) is 11.1. The van der Waals surface area contributed by atoms with Crippen LogP contribution >= 0.6 is 11.8 Å². The Hall–Kier alpha value is -2.56. The Morgan fingerprint density at radius 2 is 2.03 bits per heavy atom. The minimum absolute atomic E-state index is 0.423. The third kappa shape index (κ3) is 3.90. The van der Waals surface area contributed by atoms with E-state index in [4.69, 9.17) is 17.1 Å². The van der Waals surface area contributed by atoms with Gasteiger partial charge in [-0.2, -0.15) is 0 Å². The van der Waals surface area contributed by atoms with Crippen LogP contribution in [-0.4, -0.2) is 44.1 Å². The number of rotatable bonds is 5. The Morgan fingerprint density at radius 3 is 2.84 bits per heavy atom. The molecule has 1 saturated heterocycles. The lowest BCUT2D eigenvalue weighted by atomic mass is 10.0. The number of aryl methyl sites for hydroxylation is 3. The van der Waals surface area contributed by atoms with E-state index in [-0.39, 0.29) is 0 Å². The highest BCUT2D eigenvalue weighted by atomic mass is 32.2. The van der Waals surface area contributed by atoms with Crippen molar-refractivity contribution in [3.63, 3.8) is 0 Å². The molecule has 3 aromatic rings. The summed E-state index contributed by atoms with van der Waals surface area (Å²) in [5.41, 5.74) is 11.4. The van der Waals surface area contributed by atoms with Crippen LogP contribution in [0.4, 0.5) is 5.82 Å². The molecular formula is C24H28N6S. The highest BCUT2D eigenvalue weighted by Gasteiger charge is 2.22. The average molecular weight is 433 g/mol. The first-order chi connectivity index (χ1) is 15.1. The zero-order valence-corrected chi connectivity index (χ0v) is 18.8. The van der Waals surface area contributed by atoms with Gasteiger partial charge >= 0.3 is 0 Å². The lowest BCUT2D eigenvalue weighted by Crippen LogP contribution is -2.36. The number of anilines is 1. The topological polar surface area (TPSA) is 72.9 Å². The van der Waals surface area contributed by atoms with Crippen LogP contribution in [0.5, 0.6) is 0 Å². The van der Waals surface area contributed by atoms with Gasteiger partial charge in [0.15, 0.2) is 22.1 Å². The van der Waals surface area contributed by atoms with Crippen LogP contribution in [0, 0.1) is 12.3 Å². The Morgan fingerprint density at radius 1 is 1.19 bits per heavy atom. The van der Waals surface area contributed by atoms with Crippen LogP contribution in [0.3, 0.4) is 0 Å². The molecule has 1 unspecified atom stereocenters. The molecule has 2 N–H and O–H groups in total. The monoisotopic (exact) mass is 432 g/mol. The molecule has 1 aliphatic heterocycles. The van der Waals surface area contributed by atoms with Crippen molar-refractivity contribution in [1.29, 1.82) is 0 Å². The number of hydrogen-bond donors (Lipinski definition) is 1. The molecule has 0 bridgehead atoms. The highest BCUT2D eigenvalue weighted by Crippen LogP contribution is 2.36. The number of nitrogens with two attached hydrogens (primary N) is 1. The first kappa shape index (κ1) is 20.3. The standard InChI is InChI=1S/C24H28N6S/c1-3-16-13-17-7-6-8-18(17)14-20(16)31-24-28-21-22(25)26-15-27-23(21)30(24)12-10-19-9-4-5-11-29(19)2/h1,13-15,19H,4-12H2,2H3,(H2,25,26,27). The van der Waals surface area contributed by atoms with Gasteiger partial charge < -0.3 is 15.2 Å². The lowest BCUT2D eigenvalue weighted by Gasteiger charge is -2.32. The minimum atomic E-state index is 0.423. The number of nitrogen functional groups attached to an aromatic ring is 1. The molecule has 0 radical (unpaired) electrons. The van der Waals surface area contributed by atoms with Crippen molar-refractivity contribution in [3.05, 3.63) is 35.2 Å². The van der Waals surface area contributed by atoms with Gasteiger partial charge in [-0.25, -0.2) is 15.0 Å². The third-order valence-electron chi connectivity index (χ3n) is 6.68. The number of fused-ring (bicyclic) bond motifs is 2. The number of terminal acetylenes is 1. The maximum absolute atomic E-state index is 6.15. The summed E-state index contributed by atoms with van der Waals surface area (Å²) in [5.74, 6) is 3.31. The number of likely N-dealkylation sites (tertiary alicyclic amines) is 1. The molecule has 1 aliphatic carbocycles. The molecule has 1 fully saturated rings. The van der Waals surface area contributed by atoms with Gasteiger partial charge in [-0.15, -0.1) is 6.42 Å². The number of hydrogen-bond acceptors (Lipinski definition) is 6. The predicted molar refractivity (Wildman–Crippen MR) is 125 cm³/mol.